The van der Waals surface area contributed by atoms with E-state index in [-0.39, 0.29) is 28.9 Å². The Morgan fingerprint density at radius 1 is 0.953 bits per heavy atom. The fourth-order valence-corrected chi connectivity index (χ4v) is 6.16. The van der Waals surface area contributed by atoms with Crippen molar-refractivity contribution in [1.82, 2.24) is 10.2 Å². The van der Waals surface area contributed by atoms with Gasteiger partial charge in [0.15, 0.2) is 0 Å². The summed E-state index contributed by atoms with van der Waals surface area (Å²) in [7, 11) is -4.59. The minimum absolute atomic E-state index is 0.0342. The first-order valence-corrected chi connectivity index (χ1v) is 15.6. The van der Waals surface area contributed by atoms with Crippen LogP contribution in [0.5, 0.6) is 0 Å². The van der Waals surface area contributed by atoms with E-state index in [0.29, 0.717) is 16.8 Å². The van der Waals surface area contributed by atoms with Crippen LogP contribution in [0.1, 0.15) is 50.3 Å². The van der Waals surface area contributed by atoms with E-state index in [1.165, 1.54) is 29.2 Å². The quantitative estimate of drug-likeness (QED) is 0.243. The molecule has 0 spiro atoms. The maximum atomic E-state index is 14.1. The van der Waals surface area contributed by atoms with Crippen molar-refractivity contribution in [2.45, 2.75) is 70.2 Å². The van der Waals surface area contributed by atoms with Gasteiger partial charge in [-0.05, 0) is 68.1 Å². The van der Waals surface area contributed by atoms with Crippen molar-refractivity contribution >= 4 is 39.1 Å². The number of rotatable bonds is 12. The zero-order chi connectivity index (χ0) is 31.9. The van der Waals surface area contributed by atoms with Gasteiger partial charge < -0.3 is 10.2 Å². The minimum atomic E-state index is -4.80. The molecule has 12 heteroatoms. The molecule has 2 amide bonds. The average Bonchev–Trinajstić information content (AvgIpc) is 2.96. The van der Waals surface area contributed by atoms with Crippen LogP contribution in [0.3, 0.4) is 0 Å². The summed E-state index contributed by atoms with van der Waals surface area (Å²) in [6.45, 7) is 6.34. The third-order valence-corrected chi connectivity index (χ3v) is 9.23. The maximum Gasteiger partial charge on any atom is 0.416 e. The van der Waals surface area contributed by atoms with E-state index < -0.39 is 51.9 Å². The number of amides is 2. The number of anilines is 1. The number of nitrogens with zero attached hydrogens (tertiary/aromatic N) is 2. The Kier molecular flexibility index (Phi) is 11.3. The first-order valence-electron chi connectivity index (χ1n) is 13.8. The van der Waals surface area contributed by atoms with Crippen molar-refractivity contribution in [1.29, 1.82) is 0 Å². The second-order valence-electron chi connectivity index (χ2n) is 10.2. The molecule has 43 heavy (non-hydrogen) atoms. The topological polar surface area (TPSA) is 86.8 Å². The Hall–Kier alpha value is -3.57. The molecule has 0 fully saturated rings. The number of benzene rings is 3. The lowest BCUT2D eigenvalue weighted by atomic mass is 10.1. The Morgan fingerprint density at radius 2 is 1.58 bits per heavy atom. The van der Waals surface area contributed by atoms with E-state index in [1.54, 1.807) is 25.1 Å². The van der Waals surface area contributed by atoms with E-state index >= 15 is 0 Å². The third kappa shape index (κ3) is 8.29. The van der Waals surface area contributed by atoms with Crippen LogP contribution in [0.15, 0.2) is 77.7 Å². The largest absolute Gasteiger partial charge is 0.416 e. The molecular formula is C31H35ClF3N3O4S. The van der Waals surface area contributed by atoms with Gasteiger partial charge in [-0.15, -0.1) is 0 Å². The van der Waals surface area contributed by atoms with Crippen molar-refractivity contribution in [2.75, 3.05) is 10.8 Å². The Balaban J connectivity index is 2.16. The highest BCUT2D eigenvalue weighted by molar-refractivity contribution is 7.92. The molecule has 0 saturated heterocycles. The van der Waals surface area contributed by atoms with E-state index in [9.17, 15) is 31.2 Å². The Bertz CT molecular complexity index is 1530. The summed E-state index contributed by atoms with van der Waals surface area (Å²) in [6, 6.07) is 15.4. The number of hydrogen-bond acceptors (Lipinski definition) is 4. The molecule has 2 atom stereocenters. The van der Waals surface area contributed by atoms with Crippen molar-refractivity contribution in [2.24, 2.45) is 0 Å². The molecule has 232 valence electrons. The van der Waals surface area contributed by atoms with E-state index in [0.717, 1.165) is 23.3 Å². The predicted octanol–water partition coefficient (Wildman–Crippen LogP) is 6.58. The molecule has 0 aliphatic carbocycles. The highest BCUT2D eigenvalue weighted by Gasteiger charge is 2.37. The van der Waals surface area contributed by atoms with Crippen LogP contribution in [0, 0.1) is 6.92 Å². The number of nitrogens with one attached hydrogen (secondary N) is 1. The van der Waals surface area contributed by atoms with Gasteiger partial charge in [-0.3, -0.25) is 13.9 Å². The fourth-order valence-electron chi connectivity index (χ4n) is 4.44. The smallest absolute Gasteiger partial charge is 0.352 e. The van der Waals surface area contributed by atoms with E-state index in [4.69, 9.17) is 11.6 Å². The molecule has 0 aliphatic heterocycles. The van der Waals surface area contributed by atoms with E-state index in [1.807, 2.05) is 32.9 Å². The number of aryl methyl sites for hydroxylation is 1. The number of hydrogen-bond donors (Lipinski definition) is 1. The van der Waals surface area contributed by atoms with E-state index in [2.05, 4.69) is 5.32 Å². The lowest BCUT2D eigenvalue weighted by molar-refractivity contribution is -0.140. The van der Waals surface area contributed by atoms with Crippen molar-refractivity contribution in [3.63, 3.8) is 0 Å². The molecule has 0 bridgehead atoms. The number of halogens is 4. The second-order valence-corrected chi connectivity index (χ2v) is 12.4. The van der Waals surface area contributed by atoms with Crippen LogP contribution in [0.4, 0.5) is 18.9 Å². The van der Waals surface area contributed by atoms with Gasteiger partial charge in [-0.1, -0.05) is 67.9 Å². The zero-order valence-corrected chi connectivity index (χ0v) is 25.9. The van der Waals surface area contributed by atoms with Crippen LogP contribution in [-0.2, 0) is 32.3 Å². The molecule has 2 unspecified atom stereocenters. The predicted molar refractivity (Wildman–Crippen MR) is 161 cm³/mol. The number of carbonyl (C=O) groups is 2. The molecule has 0 aliphatic rings. The van der Waals surface area contributed by atoms with Gasteiger partial charge in [-0.25, -0.2) is 8.42 Å². The first-order chi connectivity index (χ1) is 20.2. The first kappa shape index (κ1) is 33.9. The summed E-state index contributed by atoms with van der Waals surface area (Å²) in [6.07, 6.45) is -3.95. The maximum absolute atomic E-state index is 14.1. The summed E-state index contributed by atoms with van der Waals surface area (Å²) in [5.41, 5.74) is -0.0854. The minimum Gasteiger partial charge on any atom is -0.352 e. The van der Waals surface area contributed by atoms with Gasteiger partial charge in [0, 0.05) is 12.6 Å². The molecule has 0 saturated carbocycles. The summed E-state index contributed by atoms with van der Waals surface area (Å²) >= 11 is 6.30. The second kappa shape index (κ2) is 14.3. The standard InChI is InChI=1S/C31H35ClF3N3O4S/c1-5-22(4)36-30(40)27(6-2)37(19-23-13-11-10-12-21(23)3)29(39)20-38(43(41,42)25-14-8-7-9-15-25)28-18-24(31(33,34)35)16-17-26(28)32/h7-18,22,27H,5-6,19-20H2,1-4H3,(H,36,40). The molecular weight excluding hydrogens is 603 g/mol. The summed E-state index contributed by atoms with van der Waals surface area (Å²) in [5.74, 6) is -1.21. The number of carbonyl (C=O) groups excluding carboxylic acids is 2. The van der Waals surface area contributed by atoms with Crippen LogP contribution in [0.2, 0.25) is 5.02 Å². The Labute approximate surface area is 255 Å². The average molecular weight is 638 g/mol. The third-order valence-electron chi connectivity index (χ3n) is 7.14. The molecule has 3 aromatic rings. The summed E-state index contributed by atoms with van der Waals surface area (Å²) in [5, 5.41) is 2.58. The molecule has 7 nitrogen and oxygen atoms in total. The molecule has 3 aromatic carbocycles. The van der Waals surface area contributed by atoms with Crippen molar-refractivity contribution in [3.05, 3.63) is 94.5 Å². The molecule has 0 radical (unpaired) electrons. The molecule has 3 rings (SSSR count). The van der Waals surface area contributed by atoms with Crippen molar-refractivity contribution < 1.29 is 31.2 Å². The highest BCUT2D eigenvalue weighted by atomic mass is 35.5. The number of alkyl halides is 3. The van der Waals surface area contributed by atoms with Crippen LogP contribution >= 0.6 is 11.6 Å². The van der Waals surface area contributed by atoms with Crippen LogP contribution in [-0.4, -0.2) is 43.8 Å². The summed E-state index contributed by atoms with van der Waals surface area (Å²) < 4.78 is 69.5. The fraction of sp³-hybridized carbons (Fsp3) is 0.355. The lowest BCUT2D eigenvalue weighted by Gasteiger charge is -2.34. The van der Waals surface area contributed by atoms with Crippen LogP contribution < -0.4 is 9.62 Å². The highest BCUT2D eigenvalue weighted by Crippen LogP contribution is 2.37. The lowest BCUT2D eigenvalue weighted by Crippen LogP contribution is -2.53. The number of sulfonamides is 1. The molecule has 1 N–H and O–H groups in total. The zero-order valence-electron chi connectivity index (χ0n) is 24.4. The molecule has 0 heterocycles. The van der Waals surface area contributed by atoms with Gasteiger partial charge in [0.05, 0.1) is 21.2 Å². The Morgan fingerprint density at radius 3 is 2.16 bits per heavy atom. The van der Waals surface area contributed by atoms with Gasteiger partial charge in [-0.2, -0.15) is 13.2 Å². The van der Waals surface area contributed by atoms with Gasteiger partial charge >= 0.3 is 6.18 Å². The van der Waals surface area contributed by atoms with Crippen molar-refractivity contribution in [3.8, 4) is 0 Å². The monoisotopic (exact) mass is 637 g/mol. The van der Waals surface area contributed by atoms with Gasteiger partial charge in [0.2, 0.25) is 11.8 Å². The van der Waals surface area contributed by atoms with Gasteiger partial charge in [0.25, 0.3) is 10.0 Å². The normalized spacial score (nSPS) is 13.2. The van der Waals surface area contributed by atoms with Crippen LogP contribution in [0.25, 0.3) is 0 Å². The summed E-state index contributed by atoms with van der Waals surface area (Å²) in [4.78, 5) is 28.5. The SMILES string of the molecule is CCC(C)NC(=O)C(CC)N(Cc1ccccc1C)C(=O)CN(c1cc(C(F)(F)F)ccc1Cl)S(=O)(=O)c1ccccc1. The molecule has 0 aromatic heterocycles. The van der Waals surface area contributed by atoms with Gasteiger partial charge in [0.1, 0.15) is 12.6 Å².